The molecule has 1 amide bonds. The van der Waals surface area contributed by atoms with Crippen molar-refractivity contribution in [3.05, 3.63) is 71.8 Å². The number of nitrogens with zero attached hydrogens (tertiary/aromatic N) is 2. The molecule has 8 nitrogen and oxygen atoms in total. The highest BCUT2D eigenvalue weighted by Crippen LogP contribution is 2.36. The van der Waals surface area contributed by atoms with Crippen molar-refractivity contribution in [2.45, 2.75) is 51.5 Å². The molecule has 1 saturated heterocycles. The number of carbonyl (C=O) groups excluding carboxylic acids is 1. The Labute approximate surface area is 238 Å². The zero-order valence-electron chi connectivity index (χ0n) is 23.2. The summed E-state index contributed by atoms with van der Waals surface area (Å²) in [7, 11) is -1.63. The lowest BCUT2D eigenvalue weighted by Crippen LogP contribution is -2.53. The Balaban J connectivity index is 0.00000420. The third-order valence-corrected chi connectivity index (χ3v) is 7.38. The molecule has 0 spiro atoms. The van der Waals surface area contributed by atoms with Crippen LogP contribution in [0.4, 0.5) is 0 Å². The molecule has 39 heavy (non-hydrogen) atoms. The van der Waals surface area contributed by atoms with Crippen molar-refractivity contribution < 1.29 is 19.6 Å². The van der Waals surface area contributed by atoms with Crippen LogP contribution in [0, 0.1) is 5.92 Å². The van der Waals surface area contributed by atoms with Crippen LogP contribution >= 0.6 is 12.4 Å². The molecule has 2 heterocycles. The van der Waals surface area contributed by atoms with E-state index in [2.05, 4.69) is 40.8 Å². The van der Waals surface area contributed by atoms with E-state index in [9.17, 15) is 14.8 Å². The van der Waals surface area contributed by atoms with Crippen LogP contribution in [0.1, 0.15) is 51.2 Å². The maximum atomic E-state index is 13.0. The van der Waals surface area contributed by atoms with Gasteiger partial charge in [0.25, 0.3) is 0 Å². The molecule has 4 N–H and O–H groups in total. The molecular weight excluding hydrogens is 515 g/mol. The van der Waals surface area contributed by atoms with Gasteiger partial charge < -0.3 is 20.1 Å². The van der Waals surface area contributed by atoms with Crippen LogP contribution in [0.5, 0.6) is 5.75 Å². The fourth-order valence-corrected chi connectivity index (χ4v) is 5.19. The largest absolute Gasteiger partial charge is 0.492 e. The van der Waals surface area contributed by atoms with Crippen LogP contribution < -0.4 is 15.5 Å². The Kier molecular flexibility index (Phi) is 11.3. The maximum Gasteiger partial charge on any atom is 0.475 e. The van der Waals surface area contributed by atoms with Gasteiger partial charge in [0.15, 0.2) is 0 Å². The van der Waals surface area contributed by atoms with Crippen LogP contribution in [0.25, 0.3) is 5.70 Å². The number of halogens is 1. The number of hydrazine groups is 1. The van der Waals surface area contributed by atoms with Crippen LogP contribution in [-0.2, 0) is 10.3 Å². The molecule has 2 aromatic rings. The molecule has 2 aromatic carbocycles. The third-order valence-electron chi connectivity index (χ3n) is 7.38. The molecule has 1 unspecified atom stereocenters. The average Bonchev–Trinajstić information content (AvgIpc) is 3.25. The number of hydrogen-bond donors (Lipinski definition) is 4. The van der Waals surface area contributed by atoms with Gasteiger partial charge in [-0.3, -0.25) is 14.7 Å². The van der Waals surface area contributed by atoms with Crippen molar-refractivity contribution >= 4 is 31.1 Å². The van der Waals surface area contributed by atoms with Gasteiger partial charge in [0.1, 0.15) is 18.9 Å². The summed E-state index contributed by atoms with van der Waals surface area (Å²) in [5.74, 6) is -0.354. The number of carbonyl (C=O) groups is 1. The number of piperidine rings is 1. The van der Waals surface area contributed by atoms with Crippen LogP contribution in [0.2, 0.25) is 0 Å². The van der Waals surface area contributed by atoms with Crippen LogP contribution in [0.15, 0.2) is 60.7 Å². The van der Waals surface area contributed by atoms with Gasteiger partial charge >= 0.3 is 7.12 Å². The lowest BCUT2D eigenvalue weighted by Gasteiger charge is -2.30. The first-order valence-electron chi connectivity index (χ1n) is 13.7. The van der Waals surface area contributed by atoms with Crippen molar-refractivity contribution in [2.75, 3.05) is 32.8 Å². The number of hydrogen-bond acceptors (Lipinski definition) is 7. The zero-order valence-corrected chi connectivity index (χ0v) is 24.0. The summed E-state index contributed by atoms with van der Waals surface area (Å²) in [6.45, 7) is 9.65. The Bertz CT molecular complexity index is 1090. The molecule has 1 fully saturated rings. The molecule has 212 valence electrons. The van der Waals surface area contributed by atoms with E-state index >= 15 is 0 Å². The standard InChI is InChI=1S/C29H41BN4O4.ClH/c1-22(2)28(30(36)37)31-27(35)21-34-26(23-11-6-4-7-12-23)20-29(3,32-34)24-13-10-14-25(19-24)38-18-17-33-15-8-5-9-16-33;/h4,6-7,10-14,19-20,22,28,32,36-37H,5,8-9,15-18,21H2,1-3H3,(H,31,35);1H/t28-,29?;/m0./s1. The Morgan fingerprint density at radius 1 is 1.10 bits per heavy atom. The molecule has 2 aliphatic rings. The number of likely N-dealkylation sites (tertiary alicyclic amines) is 1. The van der Waals surface area contributed by atoms with E-state index in [0.717, 1.165) is 42.2 Å². The normalized spacial score (nSPS) is 20.3. The molecule has 0 saturated carbocycles. The van der Waals surface area contributed by atoms with Gasteiger partial charge in [-0.15, -0.1) is 12.4 Å². The molecule has 0 bridgehead atoms. The fraction of sp³-hybridized carbons (Fsp3) is 0.483. The summed E-state index contributed by atoms with van der Waals surface area (Å²) in [5.41, 5.74) is 5.83. The van der Waals surface area contributed by atoms with Crippen molar-refractivity contribution in [3.8, 4) is 5.75 Å². The molecule has 0 radical (unpaired) electrons. The predicted molar refractivity (Wildman–Crippen MR) is 158 cm³/mol. The summed E-state index contributed by atoms with van der Waals surface area (Å²) >= 11 is 0. The van der Waals surface area contributed by atoms with Gasteiger partial charge in [-0.2, -0.15) is 0 Å². The Hall–Kier alpha value is -2.56. The van der Waals surface area contributed by atoms with Crippen LogP contribution in [-0.4, -0.2) is 71.7 Å². The van der Waals surface area contributed by atoms with Crippen molar-refractivity contribution in [3.63, 3.8) is 0 Å². The van der Waals surface area contributed by atoms with E-state index in [0.29, 0.717) is 6.61 Å². The SMILES string of the molecule is CC(C)[C@H](NC(=O)CN1NC(C)(c2cccc(OCCN3CCCCC3)c2)C=C1c1ccccc1)B(O)O.Cl. The van der Waals surface area contributed by atoms with E-state index in [4.69, 9.17) is 4.74 Å². The summed E-state index contributed by atoms with van der Waals surface area (Å²) < 4.78 is 6.13. The van der Waals surface area contributed by atoms with Gasteiger partial charge in [0, 0.05) is 6.54 Å². The van der Waals surface area contributed by atoms with E-state index in [1.54, 1.807) is 0 Å². The van der Waals surface area contributed by atoms with Crippen molar-refractivity contribution in [1.29, 1.82) is 0 Å². The number of benzene rings is 2. The molecule has 0 aliphatic carbocycles. The third kappa shape index (κ3) is 8.22. The second-order valence-electron chi connectivity index (χ2n) is 10.8. The topological polar surface area (TPSA) is 97.3 Å². The number of nitrogens with one attached hydrogen (secondary N) is 2. The van der Waals surface area contributed by atoms with Crippen LogP contribution in [0.3, 0.4) is 0 Å². The first kappa shape index (κ1) is 31.0. The van der Waals surface area contributed by atoms with Crippen molar-refractivity contribution in [1.82, 2.24) is 20.7 Å². The Morgan fingerprint density at radius 2 is 1.82 bits per heavy atom. The highest BCUT2D eigenvalue weighted by atomic mass is 35.5. The van der Waals surface area contributed by atoms with Gasteiger partial charge in [-0.05, 0) is 68.1 Å². The van der Waals surface area contributed by atoms with Gasteiger partial charge in [-0.1, -0.05) is 62.7 Å². The quantitative estimate of drug-likeness (QED) is 0.316. The van der Waals surface area contributed by atoms with E-state index in [1.807, 2.05) is 61.3 Å². The highest BCUT2D eigenvalue weighted by molar-refractivity contribution is 6.43. The minimum Gasteiger partial charge on any atom is -0.492 e. The minimum absolute atomic E-state index is 0. The average molecular weight is 557 g/mol. The van der Waals surface area contributed by atoms with Crippen molar-refractivity contribution in [2.24, 2.45) is 5.92 Å². The second-order valence-corrected chi connectivity index (χ2v) is 10.8. The molecule has 0 aromatic heterocycles. The lowest BCUT2D eigenvalue weighted by molar-refractivity contribution is -0.122. The number of amides is 1. The number of rotatable bonds is 11. The number of ether oxygens (including phenoxy) is 1. The Morgan fingerprint density at radius 3 is 2.49 bits per heavy atom. The monoisotopic (exact) mass is 556 g/mol. The molecular formula is C29H42BClN4O4. The summed E-state index contributed by atoms with van der Waals surface area (Å²) in [5, 5.41) is 24.0. The lowest BCUT2D eigenvalue weighted by atomic mass is 9.73. The summed E-state index contributed by atoms with van der Waals surface area (Å²) in [6, 6.07) is 18.0. The second kappa shape index (κ2) is 14.2. The minimum atomic E-state index is -1.63. The summed E-state index contributed by atoms with van der Waals surface area (Å²) in [6.07, 6.45) is 5.98. The first-order chi connectivity index (χ1) is 18.2. The fourth-order valence-electron chi connectivity index (χ4n) is 5.19. The molecule has 4 rings (SSSR count). The molecule has 10 heteroatoms. The predicted octanol–water partition coefficient (Wildman–Crippen LogP) is 3.20. The highest BCUT2D eigenvalue weighted by Gasteiger charge is 2.37. The van der Waals surface area contributed by atoms with E-state index in [1.165, 1.54) is 19.3 Å². The zero-order chi connectivity index (χ0) is 27.1. The van der Waals surface area contributed by atoms with Gasteiger partial charge in [0.05, 0.1) is 17.2 Å². The maximum absolute atomic E-state index is 13.0. The van der Waals surface area contributed by atoms with E-state index < -0.39 is 18.6 Å². The van der Waals surface area contributed by atoms with Gasteiger partial charge in [-0.25, -0.2) is 5.43 Å². The smallest absolute Gasteiger partial charge is 0.475 e. The van der Waals surface area contributed by atoms with Gasteiger partial charge in [0.2, 0.25) is 5.91 Å². The summed E-state index contributed by atoms with van der Waals surface area (Å²) in [4.78, 5) is 15.4. The van der Waals surface area contributed by atoms with E-state index in [-0.39, 0.29) is 30.8 Å². The first-order valence-corrected chi connectivity index (χ1v) is 13.7. The molecule has 2 aliphatic heterocycles. The molecule has 2 atom stereocenters.